The van der Waals surface area contributed by atoms with Crippen LogP contribution in [0.3, 0.4) is 0 Å². The molecule has 0 spiro atoms. The van der Waals surface area contributed by atoms with E-state index in [0.29, 0.717) is 22.3 Å². The molecule has 0 unspecified atom stereocenters. The quantitative estimate of drug-likeness (QED) is 0.130. The van der Waals surface area contributed by atoms with Gasteiger partial charge in [0.2, 0.25) is 11.8 Å². The molecule has 3 aliphatic carbocycles. The molecule has 0 saturated carbocycles. The Morgan fingerprint density at radius 1 is 0.875 bits per heavy atom. The van der Waals surface area contributed by atoms with Gasteiger partial charge in [-0.15, -0.1) is 23.2 Å². The predicted molar refractivity (Wildman–Crippen MR) is 147 cm³/mol. The first kappa shape index (κ1) is 26.5. The first-order chi connectivity index (χ1) is 19.0. The molecular formula is C30H24Cl2N2O6. The summed E-state index contributed by atoms with van der Waals surface area (Å²) in [6, 6.07) is 19.2. The first-order valence-corrected chi connectivity index (χ1v) is 13.6. The molecule has 204 valence electrons. The maximum absolute atomic E-state index is 14.2. The number of carbonyl (C=O) groups is 3. The van der Waals surface area contributed by atoms with Crippen molar-refractivity contribution < 1.29 is 24.0 Å². The molecule has 3 aromatic carbocycles. The lowest BCUT2D eigenvalue weighted by atomic mass is 9.54. The average Bonchev–Trinajstić information content (AvgIpc) is 3.21. The number of imide groups is 1. The zero-order valence-electron chi connectivity index (χ0n) is 21.5. The van der Waals surface area contributed by atoms with Crippen molar-refractivity contribution in [3.05, 3.63) is 111 Å². The SMILES string of the molecule is CC(C)[C@@H](C(=O)OCc1ccccc1[N+](=O)[O-])N1C(=O)[C@@H]2[C@H](C1=O)C1(Cl)c3ccccc3C2(Cl)c2ccccc21. The number of ether oxygens (including phenoxy) is 1. The zero-order valence-corrected chi connectivity index (χ0v) is 23.1. The van der Waals surface area contributed by atoms with Crippen molar-refractivity contribution in [2.75, 3.05) is 0 Å². The molecule has 8 nitrogen and oxygen atoms in total. The van der Waals surface area contributed by atoms with E-state index < -0.39 is 62.9 Å². The largest absolute Gasteiger partial charge is 0.459 e. The topological polar surface area (TPSA) is 107 Å². The Hall–Kier alpha value is -3.75. The van der Waals surface area contributed by atoms with Crippen LogP contribution in [0, 0.1) is 27.9 Å². The molecule has 1 fully saturated rings. The van der Waals surface area contributed by atoms with E-state index in [1.54, 1.807) is 19.9 Å². The van der Waals surface area contributed by atoms with E-state index >= 15 is 0 Å². The van der Waals surface area contributed by atoms with E-state index in [1.165, 1.54) is 18.2 Å². The Morgan fingerprint density at radius 2 is 1.30 bits per heavy atom. The molecule has 7 rings (SSSR count). The third-order valence-electron chi connectivity index (χ3n) is 8.33. The molecule has 40 heavy (non-hydrogen) atoms. The van der Waals surface area contributed by atoms with Gasteiger partial charge in [0.25, 0.3) is 5.69 Å². The standard InChI is InChI=1S/C30H24Cl2N2O6/c1-16(2)25(28(37)40-15-17-9-3-8-14-22(17)34(38)39)33-26(35)23-24(27(33)36)30(32)19-11-5-4-10-18(19)29(23,31)20-12-6-7-13-21(20)30/h3-14,16,23-25H,15H2,1-2H3/t23-,24+,25-,29?,30?/m0/s1. The van der Waals surface area contributed by atoms with Crippen molar-refractivity contribution in [3.63, 3.8) is 0 Å². The smallest absolute Gasteiger partial charge is 0.329 e. The number of nitrogens with zero attached hydrogens (tertiary/aromatic N) is 2. The molecule has 2 bridgehead atoms. The number of nitro groups is 1. The number of nitro benzene ring substituents is 1. The highest BCUT2D eigenvalue weighted by molar-refractivity contribution is 6.36. The number of halogens is 2. The number of rotatable bonds is 6. The number of amides is 2. The van der Waals surface area contributed by atoms with Gasteiger partial charge in [0.05, 0.1) is 22.3 Å². The van der Waals surface area contributed by atoms with Gasteiger partial charge >= 0.3 is 5.97 Å². The lowest BCUT2D eigenvalue weighted by Gasteiger charge is -2.54. The van der Waals surface area contributed by atoms with Gasteiger partial charge < -0.3 is 4.74 Å². The Balaban J connectivity index is 1.41. The van der Waals surface area contributed by atoms with Gasteiger partial charge in [-0.3, -0.25) is 24.6 Å². The van der Waals surface area contributed by atoms with E-state index in [2.05, 4.69) is 0 Å². The number of likely N-dealkylation sites (tertiary alicyclic amines) is 1. The lowest BCUT2D eigenvalue weighted by molar-refractivity contribution is -0.385. The first-order valence-electron chi connectivity index (χ1n) is 12.9. The van der Waals surface area contributed by atoms with Crippen molar-refractivity contribution in [2.45, 2.75) is 36.2 Å². The number of benzene rings is 3. The number of para-hydroxylation sites is 1. The molecule has 1 heterocycles. The highest BCUT2D eigenvalue weighted by Gasteiger charge is 2.74. The minimum absolute atomic E-state index is 0.194. The second-order valence-electron chi connectivity index (χ2n) is 10.7. The number of esters is 1. The van der Waals surface area contributed by atoms with Crippen molar-refractivity contribution in [1.29, 1.82) is 0 Å². The number of hydrogen-bond acceptors (Lipinski definition) is 6. The summed E-state index contributed by atoms with van der Waals surface area (Å²) in [4.78, 5) is 51.0. The highest BCUT2D eigenvalue weighted by atomic mass is 35.5. The summed E-state index contributed by atoms with van der Waals surface area (Å²) in [5.74, 6) is -4.66. The van der Waals surface area contributed by atoms with E-state index in [-0.39, 0.29) is 11.3 Å². The summed E-state index contributed by atoms with van der Waals surface area (Å²) in [6.45, 7) is 3.01. The third-order valence-corrected chi connectivity index (χ3v) is 9.61. The molecule has 1 saturated heterocycles. The Labute approximate surface area is 240 Å². The Morgan fingerprint density at radius 3 is 1.73 bits per heavy atom. The molecule has 1 aliphatic heterocycles. The fourth-order valence-corrected chi connectivity index (χ4v) is 7.78. The minimum atomic E-state index is -1.37. The number of hydrogen-bond donors (Lipinski definition) is 0. The minimum Gasteiger partial charge on any atom is -0.459 e. The molecule has 3 atom stereocenters. The molecule has 0 N–H and O–H groups in total. The summed E-state index contributed by atoms with van der Waals surface area (Å²) in [6.07, 6.45) is 0. The highest BCUT2D eigenvalue weighted by Crippen LogP contribution is 2.69. The molecule has 0 radical (unpaired) electrons. The van der Waals surface area contributed by atoms with E-state index in [0.717, 1.165) is 4.90 Å². The van der Waals surface area contributed by atoms with Crippen molar-refractivity contribution in [2.24, 2.45) is 17.8 Å². The second-order valence-corrected chi connectivity index (χ2v) is 11.9. The monoisotopic (exact) mass is 578 g/mol. The fourth-order valence-electron chi connectivity index (χ4n) is 6.68. The molecule has 3 aromatic rings. The van der Waals surface area contributed by atoms with Gasteiger partial charge in [-0.2, -0.15) is 0 Å². The van der Waals surface area contributed by atoms with E-state index in [4.69, 9.17) is 27.9 Å². The molecule has 2 amide bonds. The summed E-state index contributed by atoms with van der Waals surface area (Å²) >= 11 is 14.9. The zero-order chi connectivity index (χ0) is 28.6. The molecule has 4 aliphatic rings. The van der Waals surface area contributed by atoms with Gasteiger partial charge in [-0.05, 0) is 34.2 Å². The lowest BCUT2D eigenvalue weighted by Crippen LogP contribution is -2.57. The summed E-state index contributed by atoms with van der Waals surface area (Å²) in [5.41, 5.74) is 2.64. The van der Waals surface area contributed by atoms with Crippen LogP contribution in [0.25, 0.3) is 0 Å². The average molecular weight is 579 g/mol. The van der Waals surface area contributed by atoms with Gasteiger partial charge in [0.15, 0.2) is 0 Å². The second kappa shape index (κ2) is 9.14. The number of carbonyl (C=O) groups excluding carboxylic acids is 3. The van der Waals surface area contributed by atoms with Crippen LogP contribution in [0.4, 0.5) is 5.69 Å². The Bertz CT molecular complexity index is 1480. The van der Waals surface area contributed by atoms with Crippen LogP contribution >= 0.6 is 23.2 Å². The van der Waals surface area contributed by atoms with Crippen LogP contribution in [-0.2, 0) is 35.5 Å². The van der Waals surface area contributed by atoms with Crippen LogP contribution in [0.1, 0.15) is 41.7 Å². The van der Waals surface area contributed by atoms with Gasteiger partial charge in [0, 0.05) is 6.07 Å². The predicted octanol–water partition coefficient (Wildman–Crippen LogP) is 5.26. The van der Waals surface area contributed by atoms with Gasteiger partial charge in [0.1, 0.15) is 22.4 Å². The van der Waals surface area contributed by atoms with Crippen molar-refractivity contribution in [3.8, 4) is 0 Å². The number of alkyl halides is 2. The molecular weight excluding hydrogens is 555 g/mol. The van der Waals surface area contributed by atoms with Crippen LogP contribution in [0.5, 0.6) is 0 Å². The Kier molecular flexibility index (Phi) is 6.05. The summed E-state index contributed by atoms with van der Waals surface area (Å²) in [7, 11) is 0. The molecule has 0 aromatic heterocycles. The maximum Gasteiger partial charge on any atom is 0.329 e. The fraction of sp³-hybridized carbons (Fsp3) is 0.300. The van der Waals surface area contributed by atoms with Crippen molar-refractivity contribution >= 4 is 46.7 Å². The van der Waals surface area contributed by atoms with Crippen LogP contribution < -0.4 is 0 Å². The van der Waals surface area contributed by atoms with Crippen LogP contribution in [0.15, 0.2) is 72.8 Å². The van der Waals surface area contributed by atoms with E-state index in [1.807, 2.05) is 48.5 Å². The van der Waals surface area contributed by atoms with Gasteiger partial charge in [-0.1, -0.05) is 74.5 Å². The van der Waals surface area contributed by atoms with Crippen LogP contribution in [-0.4, -0.2) is 33.6 Å². The van der Waals surface area contributed by atoms with Gasteiger partial charge in [-0.25, -0.2) is 4.79 Å². The normalized spacial score (nSPS) is 26.8. The molecule has 10 heteroatoms. The van der Waals surface area contributed by atoms with E-state index in [9.17, 15) is 24.5 Å². The third kappa shape index (κ3) is 3.35. The summed E-state index contributed by atoms with van der Waals surface area (Å²) < 4.78 is 5.49. The summed E-state index contributed by atoms with van der Waals surface area (Å²) in [5, 5.41) is 11.4. The van der Waals surface area contributed by atoms with Crippen molar-refractivity contribution in [1.82, 2.24) is 4.90 Å². The maximum atomic E-state index is 14.2. The van der Waals surface area contributed by atoms with Crippen LogP contribution in [0.2, 0.25) is 0 Å².